The second-order valence-electron chi connectivity index (χ2n) is 2.34. The molecule has 5 heteroatoms. The molecule has 0 saturated carbocycles. The quantitative estimate of drug-likeness (QED) is 0.668. The van der Waals surface area contributed by atoms with Crippen molar-refractivity contribution in [1.82, 2.24) is 0 Å². The normalized spacial score (nSPS) is 10.7. The third kappa shape index (κ3) is 6.50. The molecule has 0 spiro atoms. The van der Waals surface area contributed by atoms with E-state index in [-0.39, 0.29) is 0 Å². The van der Waals surface area contributed by atoms with Gasteiger partial charge in [0.25, 0.3) is 0 Å². The summed E-state index contributed by atoms with van der Waals surface area (Å²) in [5.41, 5.74) is 0. The van der Waals surface area contributed by atoms with Crippen molar-refractivity contribution < 1.29 is 18.4 Å². The standard InChI is InChI=1S/C8H20O3Si.CH4O/c1-5-9-12(8-4,10-6-2)11-7-3;1-2/h5-8H2,1-4H3;2H,1H3. The first-order valence-electron chi connectivity index (χ1n) is 5.11. The van der Waals surface area contributed by atoms with E-state index in [9.17, 15) is 0 Å². The highest BCUT2D eigenvalue weighted by Gasteiger charge is 2.37. The van der Waals surface area contributed by atoms with Gasteiger partial charge < -0.3 is 18.4 Å². The predicted octanol–water partition coefficient (Wildman–Crippen LogP) is 1.66. The lowest BCUT2D eigenvalue weighted by Gasteiger charge is -2.26. The van der Waals surface area contributed by atoms with Crippen LogP contribution in [0.5, 0.6) is 0 Å². The van der Waals surface area contributed by atoms with Crippen molar-refractivity contribution in [3.05, 3.63) is 0 Å². The summed E-state index contributed by atoms with van der Waals surface area (Å²) in [6, 6.07) is 0.850. The highest BCUT2D eigenvalue weighted by molar-refractivity contribution is 6.60. The summed E-state index contributed by atoms with van der Waals surface area (Å²) in [4.78, 5) is 0. The van der Waals surface area contributed by atoms with Gasteiger partial charge in [-0.05, 0) is 20.8 Å². The molecule has 0 radical (unpaired) electrons. The Morgan fingerprint density at radius 2 is 1.07 bits per heavy atom. The van der Waals surface area contributed by atoms with Crippen LogP contribution in [0.2, 0.25) is 6.04 Å². The fourth-order valence-corrected chi connectivity index (χ4v) is 3.27. The van der Waals surface area contributed by atoms with Crippen LogP contribution in [0.3, 0.4) is 0 Å². The SMILES string of the molecule is CCO[Si](CC)(OCC)OCC.CO. The van der Waals surface area contributed by atoms with Crippen molar-refractivity contribution >= 4 is 8.80 Å². The fourth-order valence-electron chi connectivity index (χ4n) is 1.09. The molecule has 0 amide bonds. The van der Waals surface area contributed by atoms with E-state index in [1.54, 1.807) is 0 Å². The molecule has 0 bridgehead atoms. The number of aliphatic hydroxyl groups excluding tert-OH is 1. The second-order valence-corrected chi connectivity index (χ2v) is 5.27. The first kappa shape index (κ1) is 16.5. The summed E-state index contributed by atoms with van der Waals surface area (Å²) < 4.78 is 16.7. The summed E-state index contributed by atoms with van der Waals surface area (Å²) in [6.45, 7) is 9.95. The smallest absolute Gasteiger partial charge is 0.400 e. The minimum absolute atomic E-state index is 0.667. The van der Waals surface area contributed by atoms with Crippen molar-refractivity contribution in [3.63, 3.8) is 0 Å². The van der Waals surface area contributed by atoms with Crippen LogP contribution in [0.4, 0.5) is 0 Å². The van der Waals surface area contributed by atoms with Gasteiger partial charge >= 0.3 is 8.80 Å². The van der Waals surface area contributed by atoms with E-state index >= 15 is 0 Å². The van der Waals surface area contributed by atoms with Crippen LogP contribution in [-0.2, 0) is 13.3 Å². The lowest BCUT2D eigenvalue weighted by atomic mass is 10.9. The molecule has 0 atom stereocenters. The van der Waals surface area contributed by atoms with E-state index in [2.05, 4.69) is 0 Å². The van der Waals surface area contributed by atoms with E-state index in [0.717, 1.165) is 13.2 Å². The van der Waals surface area contributed by atoms with Crippen LogP contribution in [0.1, 0.15) is 27.7 Å². The van der Waals surface area contributed by atoms with Gasteiger partial charge in [-0.2, -0.15) is 0 Å². The molecule has 0 aromatic carbocycles. The minimum atomic E-state index is -2.27. The third-order valence-electron chi connectivity index (χ3n) is 1.53. The van der Waals surface area contributed by atoms with Crippen molar-refractivity contribution in [2.75, 3.05) is 26.9 Å². The molecule has 0 saturated heterocycles. The lowest BCUT2D eigenvalue weighted by Crippen LogP contribution is -2.45. The van der Waals surface area contributed by atoms with Crippen LogP contribution < -0.4 is 0 Å². The Morgan fingerprint density at radius 3 is 1.21 bits per heavy atom. The maximum Gasteiger partial charge on any atom is 0.500 e. The molecule has 0 rings (SSSR count). The minimum Gasteiger partial charge on any atom is -0.400 e. The summed E-state index contributed by atoms with van der Waals surface area (Å²) in [5, 5.41) is 7.00. The molecule has 0 heterocycles. The van der Waals surface area contributed by atoms with E-state index in [4.69, 9.17) is 18.4 Å². The molecule has 1 N–H and O–H groups in total. The zero-order valence-corrected chi connectivity index (χ0v) is 11.0. The summed E-state index contributed by atoms with van der Waals surface area (Å²) in [6.07, 6.45) is 0. The van der Waals surface area contributed by atoms with Crippen molar-refractivity contribution in [1.29, 1.82) is 0 Å². The van der Waals surface area contributed by atoms with E-state index < -0.39 is 8.80 Å². The van der Waals surface area contributed by atoms with Gasteiger partial charge in [0.1, 0.15) is 0 Å². The van der Waals surface area contributed by atoms with Crippen molar-refractivity contribution in [2.45, 2.75) is 33.7 Å². The molecule has 0 aliphatic heterocycles. The molecule has 0 aliphatic rings. The zero-order valence-electron chi connectivity index (χ0n) is 10.0. The molecule has 0 aliphatic carbocycles. The van der Waals surface area contributed by atoms with Gasteiger partial charge in [0.05, 0.1) is 0 Å². The molecule has 0 unspecified atom stereocenters. The maximum absolute atomic E-state index is 7.00. The van der Waals surface area contributed by atoms with Crippen LogP contribution in [0.25, 0.3) is 0 Å². The molecular formula is C9H24O4Si. The van der Waals surface area contributed by atoms with E-state index in [1.807, 2.05) is 27.7 Å². The number of aliphatic hydroxyl groups is 1. The molecule has 14 heavy (non-hydrogen) atoms. The molecule has 4 nitrogen and oxygen atoms in total. The Hall–Kier alpha value is 0.0569. The molecule has 0 aromatic rings. The highest BCUT2D eigenvalue weighted by atomic mass is 28.4. The summed E-state index contributed by atoms with van der Waals surface area (Å²) >= 11 is 0. The zero-order chi connectivity index (χ0) is 11.4. The van der Waals surface area contributed by atoms with Gasteiger partial charge in [-0.25, -0.2) is 0 Å². The van der Waals surface area contributed by atoms with E-state index in [0.29, 0.717) is 19.8 Å². The fraction of sp³-hybridized carbons (Fsp3) is 1.00. The molecular weight excluding hydrogens is 200 g/mol. The van der Waals surface area contributed by atoms with Gasteiger partial charge in [-0.15, -0.1) is 0 Å². The Kier molecular flexibility index (Phi) is 13.1. The van der Waals surface area contributed by atoms with Gasteiger partial charge in [-0.1, -0.05) is 6.92 Å². The topological polar surface area (TPSA) is 47.9 Å². The predicted molar refractivity (Wildman–Crippen MR) is 59.3 cm³/mol. The van der Waals surface area contributed by atoms with Crippen LogP contribution in [-0.4, -0.2) is 40.8 Å². The Bertz CT molecular complexity index is 94.0. The first-order chi connectivity index (χ1) is 6.74. The van der Waals surface area contributed by atoms with Crippen molar-refractivity contribution in [2.24, 2.45) is 0 Å². The average Bonchev–Trinajstić information content (AvgIpc) is 2.22. The largest absolute Gasteiger partial charge is 0.500 e. The molecule has 88 valence electrons. The number of rotatable bonds is 7. The Balaban J connectivity index is 0. The van der Waals surface area contributed by atoms with Gasteiger partial charge in [0.2, 0.25) is 0 Å². The molecule has 0 aromatic heterocycles. The average molecular weight is 224 g/mol. The van der Waals surface area contributed by atoms with Gasteiger partial charge in [0.15, 0.2) is 0 Å². The van der Waals surface area contributed by atoms with E-state index in [1.165, 1.54) is 0 Å². The highest BCUT2D eigenvalue weighted by Crippen LogP contribution is 2.14. The number of hydrogen-bond donors (Lipinski definition) is 1. The molecule has 0 fully saturated rings. The van der Waals surface area contributed by atoms with Crippen LogP contribution in [0, 0.1) is 0 Å². The second kappa shape index (κ2) is 11.1. The number of hydrogen-bond acceptors (Lipinski definition) is 4. The first-order valence-corrected chi connectivity index (χ1v) is 7.04. The summed E-state index contributed by atoms with van der Waals surface area (Å²) in [5.74, 6) is 0. The Labute approximate surface area is 88.6 Å². The Morgan fingerprint density at radius 1 is 0.786 bits per heavy atom. The van der Waals surface area contributed by atoms with Gasteiger partial charge in [-0.3, -0.25) is 0 Å². The third-order valence-corrected chi connectivity index (χ3v) is 4.58. The van der Waals surface area contributed by atoms with Gasteiger partial charge in [0, 0.05) is 33.0 Å². The maximum atomic E-state index is 7.00. The summed E-state index contributed by atoms with van der Waals surface area (Å²) in [7, 11) is -1.27. The monoisotopic (exact) mass is 224 g/mol. The van der Waals surface area contributed by atoms with Crippen LogP contribution in [0.15, 0.2) is 0 Å². The van der Waals surface area contributed by atoms with Crippen molar-refractivity contribution in [3.8, 4) is 0 Å². The van der Waals surface area contributed by atoms with Crippen LogP contribution >= 0.6 is 0 Å². The lowest BCUT2D eigenvalue weighted by molar-refractivity contribution is 0.0725.